The zero-order valence-corrected chi connectivity index (χ0v) is 17.0. The molecule has 1 aromatic heterocycles. The van der Waals surface area contributed by atoms with Gasteiger partial charge < -0.3 is 4.57 Å². The van der Waals surface area contributed by atoms with Gasteiger partial charge in [0.05, 0.1) is 17.6 Å². The van der Waals surface area contributed by atoms with E-state index in [2.05, 4.69) is 23.7 Å². The maximum atomic E-state index is 13.1. The van der Waals surface area contributed by atoms with E-state index in [1.54, 1.807) is 6.20 Å². The Balaban J connectivity index is 1.61. The molecule has 5 nitrogen and oxygen atoms in total. The predicted molar refractivity (Wildman–Crippen MR) is 106 cm³/mol. The molecule has 0 N–H and O–H groups in total. The van der Waals surface area contributed by atoms with E-state index in [1.807, 2.05) is 34.9 Å². The van der Waals surface area contributed by atoms with Crippen molar-refractivity contribution in [3.63, 3.8) is 0 Å². The average molecular weight is 388 g/mol. The number of imidazole rings is 1. The molecule has 2 aliphatic rings. The lowest BCUT2D eigenvalue weighted by molar-refractivity contribution is 0.199. The number of aromatic nitrogens is 2. The Hall–Kier alpha value is -1.66. The number of sulfone groups is 1. The van der Waals surface area contributed by atoms with Crippen LogP contribution in [0.25, 0.3) is 0 Å². The third-order valence-electron chi connectivity index (χ3n) is 5.81. The van der Waals surface area contributed by atoms with Gasteiger partial charge in [0.25, 0.3) is 0 Å². The monoisotopic (exact) mass is 387 g/mol. The highest BCUT2D eigenvalue weighted by atomic mass is 32.2. The second kappa shape index (κ2) is 7.40. The average Bonchev–Trinajstić information content (AvgIpc) is 3.32. The van der Waals surface area contributed by atoms with Crippen molar-refractivity contribution in [3.8, 4) is 0 Å². The molecule has 2 aromatic rings. The smallest absolute Gasteiger partial charge is 0.228 e. The van der Waals surface area contributed by atoms with Gasteiger partial charge in [-0.15, -0.1) is 0 Å². The minimum absolute atomic E-state index is 0.00317. The second-order valence-electron chi connectivity index (χ2n) is 8.54. The maximum Gasteiger partial charge on any atom is 0.228 e. The molecule has 146 valence electrons. The standard InChI is InChI=1S/C21H29N3O2S/c1-16(2)12-24-20(14-23-13-18-8-9-19(23)10-18)11-22-21(24)27(25,26)15-17-6-4-3-5-7-17/h3-7,11,16,18-19H,8-10,12-15H2,1-2H3/t18-,19-/m0/s1. The van der Waals surface area contributed by atoms with Crippen LogP contribution in [0.4, 0.5) is 0 Å². The third-order valence-corrected chi connectivity index (χ3v) is 7.41. The highest BCUT2D eigenvalue weighted by molar-refractivity contribution is 7.90. The Labute approximate surface area is 162 Å². The Morgan fingerprint density at radius 1 is 1.19 bits per heavy atom. The van der Waals surface area contributed by atoms with E-state index < -0.39 is 9.84 Å². The molecule has 0 spiro atoms. The van der Waals surface area contributed by atoms with Crippen LogP contribution in [-0.4, -0.2) is 35.5 Å². The van der Waals surface area contributed by atoms with Crippen LogP contribution in [0.15, 0.2) is 41.7 Å². The van der Waals surface area contributed by atoms with Crippen LogP contribution in [0.5, 0.6) is 0 Å². The van der Waals surface area contributed by atoms with Gasteiger partial charge in [-0.25, -0.2) is 13.4 Å². The third kappa shape index (κ3) is 3.97. The molecule has 1 saturated heterocycles. The van der Waals surface area contributed by atoms with Gasteiger partial charge in [0.15, 0.2) is 0 Å². The van der Waals surface area contributed by atoms with Gasteiger partial charge in [-0.2, -0.15) is 0 Å². The highest BCUT2D eigenvalue weighted by Gasteiger charge is 2.38. The molecule has 0 unspecified atom stereocenters. The fraction of sp³-hybridized carbons (Fsp3) is 0.571. The molecule has 1 aliphatic heterocycles. The van der Waals surface area contributed by atoms with Crippen LogP contribution < -0.4 is 0 Å². The molecule has 1 aromatic carbocycles. The molecule has 2 bridgehead atoms. The van der Waals surface area contributed by atoms with Crippen LogP contribution in [0.3, 0.4) is 0 Å². The Kier molecular flexibility index (Phi) is 5.12. The summed E-state index contributed by atoms with van der Waals surface area (Å²) in [7, 11) is -3.48. The molecule has 4 rings (SSSR count). The summed E-state index contributed by atoms with van der Waals surface area (Å²) in [5.41, 5.74) is 1.83. The Morgan fingerprint density at radius 2 is 1.96 bits per heavy atom. The SMILES string of the molecule is CC(C)Cn1c(CN2C[C@H]3CC[C@H]2C3)cnc1S(=O)(=O)Cc1ccccc1. The molecule has 6 heteroatoms. The van der Waals surface area contributed by atoms with E-state index >= 15 is 0 Å². The van der Waals surface area contributed by atoms with Gasteiger partial charge in [-0.1, -0.05) is 44.2 Å². The van der Waals surface area contributed by atoms with Gasteiger partial charge in [0.1, 0.15) is 0 Å². The van der Waals surface area contributed by atoms with Crippen LogP contribution >= 0.6 is 0 Å². The van der Waals surface area contributed by atoms with Crippen LogP contribution in [0, 0.1) is 11.8 Å². The zero-order valence-electron chi connectivity index (χ0n) is 16.2. The summed E-state index contributed by atoms with van der Waals surface area (Å²) >= 11 is 0. The summed E-state index contributed by atoms with van der Waals surface area (Å²) in [6.07, 6.45) is 5.72. The first-order valence-electron chi connectivity index (χ1n) is 9.97. The number of piperidine rings is 1. The summed E-state index contributed by atoms with van der Waals surface area (Å²) in [6.45, 7) is 6.87. The lowest BCUT2D eigenvalue weighted by Crippen LogP contribution is -2.32. The lowest BCUT2D eigenvalue weighted by Gasteiger charge is -2.27. The normalized spacial score (nSPS) is 22.8. The summed E-state index contributed by atoms with van der Waals surface area (Å²) in [4.78, 5) is 6.91. The van der Waals surface area contributed by atoms with Crippen molar-refractivity contribution >= 4 is 9.84 Å². The molecule has 0 radical (unpaired) electrons. The number of hydrogen-bond donors (Lipinski definition) is 0. The van der Waals surface area contributed by atoms with Crippen molar-refractivity contribution in [3.05, 3.63) is 47.8 Å². The highest BCUT2D eigenvalue weighted by Crippen LogP contribution is 2.38. The molecular formula is C21H29N3O2S. The molecule has 27 heavy (non-hydrogen) atoms. The maximum absolute atomic E-state index is 13.1. The van der Waals surface area contributed by atoms with Crippen molar-refractivity contribution in [1.82, 2.24) is 14.5 Å². The summed E-state index contributed by atoms with van der Waals surface area (Å²) in [6, 6.07) is 10.0. The Bertz CT molecular complexity index is 889. The first-order chi connectivity index (χ1) is 12.9. The van der Waals surface area contributed by atoms with Crippen LogP contribution in [0.1, 0.15) is 44.4 Å². The minimum Gasteiger partial charge on any atom is -0.317 e. The number of benzene rings is 1. The molecule has 2 atom stereocenters. The van der Waals surface area contributed by atoms with Gasteiger partial charge >= 0.3 is 0 Å². The van der Waals surface area contributed by atoms with E-state index in [4.69, 9.17) is 0 Å². The molecule has 2 fully saturated rings. The summed E-state index contributed by atoms with van der Waals surface area (Å²) < 4.78 is 28.1. The van der Waals surface area contributed by atoms with E-state index in [-0.39, 0.29) is 10.9 Å². The predicted octanol–water partition coefficient (Wildman–Crippen LogP) is 3.50. The molecule has 2 heterocycles. The van der Waals surface area contributed by atoms with Crippen molar-refractivity contribution in [2.24, 2.45) is 11.8 Å². The molecule has 0 amide bonds. The van der Waals surface area contributed by atoms with Crippen molar-refractivity contribution in [2.45, 2.75) is 63.2 Å². The second-order valence-corrected chi connectivity index (χ2v) is 10.4. The van der Waals surface area contributed by atoms with Gasteiger partial charge in [-0.05, 0) is 36.7 Å². The van der Waals surface area contributed by atoms with Crippen LogP contribution in [-0.2, 0) is 28.7 Å². The first kappa shape index (κ1) is 18.7. The van der Waals surface area contributed by atoms with Crippen molar-refractivity contribution < 1.29 is 8.42 Å². The summed E-state index contributed by atoms with van der Waals surface area (Å²) in [5.74, 6) is 1.19. The fourth-order valence-corrected chi connectivity index (χ4v) is 6.11. The van der Waals surface area contributed by atoms with Gasteiger partial charge in [0.2, 0.25) is 15.0 Å². The number of rotatable bonds is 7. The molecular weight excluding hydrogens is 358 g/mol. The van der Waals surface area contributed by atoms with Crippen molar-refractivity contribution in [2.75, 3.05) is 6.54 Å². The topological polar surface area (TPSA) is 55.2 Å². The fourth-order valence-electron chi connectivity index (χ4n) is 4.61. The minimum atomic E-state index is -3.48. The van der Waals surface area contributed by atoms with Crippen molar-refractivity contribution in [1.29, 1.82) is 0 Å². The van der Waals surface area contributed by atoms with E-state index in [9.17, 15) is 8.42 Å². The number of hydrogen-bond acceptors (Lipinski definition) is 4. The van der Waals surface area contributed by atoms with Crippen LogP contribution in [0.2, 0.25) is 0 Å². The zero-order chi connectivity index (χ0) is 19.0. The number of fused-ring (bicyclic) bond motifs is 2. The molecule has 1 saturated carbocycles. The number of nitrogens with zero attached hydrogens (tertiary/aromatic N) is 3. The largest absolute Gasteiger partial charge is 0.317 e. The quantitative estimate of drug-likeness (QED) is 0.730. The van der Waals surface area contributed by atoms with E-state index in [0.29, 0.717) is 18.5 Å². The van der Waals surface area contributed by atoms with E-state index in [1.165, 1.54) is 19.3 Å². The Morgan fingerprint density at radius 3 is 2.59 bits per heavy atom. The van der Waals surface area contributed by atoms with Gasteiger partial charge in [-0.3, -0.25) is 4.90 Å². The summed E-state index contributed by atoms with van der Waals surface area (Å²) in [5, 5.41) is 0.222. The molecule has 1 aliphatic carbocycles. The first-order valence-corrected chi connectivity index (χ1v) is 11.6. The lowest BCUT2D eigenvalue weighted by atomic mass is 10.1. The van der Waals surface area contributed by atoms with Gasteiger partial charge in [0, 0.05) is 25.7 Å². The number of likely N-dealkylation sites (tertiary alicyclic amines) is 1. The van der Waals surface area contributed by atoms with E-state index in [0.717, 1.165) is 30.3 Å².